The summed E-state index contributed by atoms with van der Waals surface area (Å²) in [6, 6.07) is 10.6. The second-order valence-electron chi connectivity index (χ2n) is 6.31. The molecule has 118 valence electrons. The Balaban J connectivity index is 1.98. The molecule has 1 aromatic carbocycles. The highest BCUT2D eigenvalue weighted by Gasteiger charge is 2.46. The molecule has 0 N–H and O–H groups in total. The minimum atomic E-state index is -0.156. The van der Waals surface area contributed by atoms with Gasteiger partial charge in [0.15, 0.2) is 6.04 Å². The SMILES string of the molecule is C=CC1[C@@H]2CCCC[C@@H]2OC(C(OC)c2ccccc2)=[N+]1C. The van der Waals surface area contributed by atoms with Crippen LogP contribution in [0.5, 0.6) is 0 Å². The van der Waals surface area contributed by atoms with Gasteiger partial charge in [-0.2, -0.15) is 4.58 Å². The molecule has 3 rings (SSSR count). The quantitative estimate of drug-likeness (QED) is 0.626. The Hall–Kier alpha value is -1.61. The van der Waals surface area contributed by atoms with Crippen LogP contribution in [0.4, 0.5) is 0 Å². The fourth-order valence-corrected chi connectivity index (χ4v) is 3.92. The van der Waals surface area contributed by atoms with Crippen LogP contribution in [0.3, 0.4) is 0 Å². The van der Waals surface area contributed by atoms with Gasteiger partial charge < -0.3 is 9.47 Å². The van der Waals surface area contributed by atoms with Gasteiger partial charge in [-0.1, -0.05) is 43.3 Å². The van der Waals surface area contributed by atoms with Crippen LogP contribution in [0, 0.1) is 5.92 Å². The van der Waals surface area contributed by atoms with E-state index in [9.17, 15) is 0 Å². The molecule has 0 saturated heterocycles. The molecule has 3 heteroatoms. The van der Waals surface area contributed by atoms with E-state index < -0.39 is 0 Å². The molecular weight excluding hydrogens is 274 g/mol. The van der Waals surface area contributed by atoms with Gasteiger partial charge in [-0.3, -0.25) is 0 Å². The molecule has 2 aliphatic rings. The minimum Gasteiger partial charge on any atom is -0.442 e. The van der Waals surface area contributed by atoms with Gasteiger partial charge in [0.05, 0.1) is 5.92 Å². The van der Waals surface area contributed by atoms with Crippen molar-refractivity contribution >= 4 is 5.90 Å². The summed E-state index contributed by atoms with van der Waals surface area (Å²) in [6.07, 6.45) is 7.12. The Kier molecular flexibility index (Phi) is 4.63. The van der Waals surface area contributed by atoms with E-state index in [1.807, 2.05) is 18.2 Å². The first-order chi connectivity index (χ1) is 10.8. The lowest BCUT2D eigenvalue weighted by atomic mass is 9.80. The van der Waals surface area contributed by atoms with Crippen molar-refractivity contribution in [2.45, 2.75) is 43.9 Å². The van der Waals surface area contributed by atoms with Crippen molar-refractivity contribution in [2.24, 2.45) is 5.92 Å². The molecule has 1 fully saturated rings. The van der Waals surface area contributed by atoms with Gasteiger partial charge in [-0.25, -0.2) is 0 Å². The van der Waals surface area contributed by atoms with Crippen molar-refractivity contribution < 1.29 is 14.0 Å². The molecule has 3 nitrogen and oxygen atoms in total. The third-order valence-corrected chi connectivity index (χ3v) is 5.06. The number of benzene rings is 1. The number of hydrogen-bond donors (Lipinski definition) is 0. The summed E-state index contributed by atoms with van der Waals surface area (Å²) in [4.78, 5) is 0. The van der Waals surface area contributed by atoms with Gasteiger partial charge in [-0.15, -0.1) is 0 Å². The number of fused-ring (bicyclic) bond motifs is 1. The second kappa shape index (κ2) is 6.66. The average Bonchev–Trinajstić information content (AvgIpc) is 2.57. The summed E-state index contributed by atoms with van der Waals surface area (Å²) < 4.78 is 14.4. The Morgan fingerprint density at radius 1 is 1.27 bits per heavy atom. The van der Waals surface area contributed by atoms with Crippen molar-refractivity contribution in [3.63, 3.8) is 0 Å². The first kappa shape index (κ1) is 15.3. The third kappa shape index (κ3) is 2.70. The van der Waals surface area contributed by atoms with E-state index in [2.05, 4.69) is 36.4 Å². The van der Waals surface area contributed by atoms with E-state index in [1.54, 1.807) is 7.11 Å². The van der Waals surface area contributed by atoms with E-state index in [0.717, 1.165) is 17.9 Å². The number of nitrogens with zero attached hydrogens (tertiary/aromatic N) is 1. The molecule has 4 atom stereocenters. The summed E-state index contributed by atoms with van der Waals surface area (Å²) >= 11 is 0. The molecule has 0 bridgehead atoms. The topological polar surface area (TPSA) is 21.5 Å². The molecule has 1 aliphatic heterocycles. The zero-order valence-electron chi connectivity index (χ0n) is 13.6. The van der Waals surface area contributed by atoms with Crippen LogP contribution < -0.4 is 0 Å². The molecule has 1 aromatic rings. The lowest BCUT2D eigenvalue weighted by Crippen LogP contribution is -2.50. The molecule has 0 spiro atoms. The van der Waals surface area contributed by atoms with Crippen molar-refractivity contribution in [1.82, 2.24) is 0 Å². The molecule has 1 heterocycles. The Labute approximate surface area is 133 Å². The maximum Gasteiger partial charge on any atom is 0.371 e. The summed E-state index contributed by atoms with van der Waals surface area (Å²) in [5.74, 6) is 1.47. The predicted molar refractivity (Wildman–Crippen MR) is 88.2 cm³/mol. The van der Waals surface area contributed by atoms with Gasteiger partial charge >= 0.3 is 5.90 Å². The number of methoxy groups -OCH3 is 1. The highest BCUT2D eigenvalue weighted by atomic mass is 16.5. The Morgan fingerprint density at radius 3 is 2.68 bits per heavy atom. The second-order valence-corrected chi connectivity index (χ2v) is 6.31. The van der Waals surface area contributed by atoms with Crippen molar-refractivity contribution in [2.75, 3.05) is 14.2 Å². The molecule has 1 saturated carbocycles. The van der Waals surface area contributed by atoms with Gasteiger partial charge in [0, 0.05) is 7.11 Å². The van der Waals surface area contributed by atoms with Gasteiger partial charge in [0.1, 0.15) is 13.2 Å². The van der Waals surface area contributed by atoms with Crippen LogP contribution in [0.15, 0.2) is 43.0 Å². The van der Waals surface area contributed by atoms with Crippen molar-refractivity contribution in [3.8, 4) is 0 Å². The normalized spacial score (nSPS) is 29.5. The van der Waals surface area contributed by atoms with Gasteiger partial charge in [0.2, 0.25) is 6.10 Å². The van der Waals surface area contributed by atoms with Gasteiger partial charge in [0.25, 0.3) is 0 Å². The number of hydrogen-bond acceptors (Lipinski definition) is 2. The maximum atomic E-state index is 6.41. The van der Waals surface area contributed by atoms with Crippen LogP contribution in [0.2, 0.25) is 0 Å². The predicted octanol–water partition coefficient (Wildman–Crippen LogP) is 3.56. The van der Waals surface area contributed by atoms with E-state index >= 15 is 0 Å². The highest BCUT2D eigenvalue weighted by molar-refractivity contribution is 5.78. The number of rotatable bonds is 4. The molecular formula is C19H26NO2+. The van der Waals surface area contributed by atoms with E-state index in [4.69, 9.17) is 9.47 Å². The molecule has 1 aliphatic carbocycles. The fourth-order valence-electron chi connectivity index (χ4n) is 3.92. The standard InChI is InChI=1S/C19H26NO2/c1-4-16-15-12-8-9-13-17(15)22-19(20(16)2)18(21-3)14-10-6-5-7-11-14/h4-7,10-11,15-18H,1,8-9,12-13H2,2-3H3/q+1/t15-,16?,17-,18?/m0/s1. The summed E-state index contributed by atoms with van der Waals surface area (Å²) in [5.41, 5.74) is 1.13. The van der Waals surface area contributed by atoms with E-state index in [-0.39, 0.29) is 6.10 Å². The summed E-state index contributed by atoms with van der Waals surface area (Å²) in [6.45, 7) is 4.07. The zero-order chi connectivity index (χ0) is 15.5. The van der Waals surface area contributed by atoms with Crippen LogP contribution in [0.1, 0.15) is 37.4 Å². The van der Waals surface area contributed by atoms with Crippen LogP contribution >= 0.6 is 0 Å². The van der Waals surface area contributed by atoms with E-state index in [0.29, 0.717) is 18.1 Å². The highest BCUT2D eigenvalue weighted by Crippen LogP contribution is 2.36. The van der Waals surface area contributed by atoms with Crippen LogP contribution in [-0.4, -0.2) is 36.8 Å². The maximum absolute atomic E-state index is 6.41. The van der Waals surface area contributed by atoms with Crippen LogP contribution in [0.25, 0.3) is 0 Å². The number of likely N-dealkylation sites (N-methyl/N-ethyl adjacent to an activating group) is 1. The molecule has 2 unspecified atom stereocenters. The monoisotopic (exact) mass is 300 g/mol. The zero-order valence-corrected chi connectivity index (χ0v) is 13.6. The summed E-state index contributed by atoms with van der Waals surface area (Å²) in [5, 5.41) is 0. The average molecular weight is 300 g/mol. The third-order valence-electron chi connectivity index (χ3n) is 5.06. The van der Waals surface area contributed by atoms with Crippen LogP contribution in [-0.2, 0) is 9.47 Å². The van der Waals surface area contributed by atoms with Crippen molar-refractivity contribution in [1.29, 1.82) is 0 Å². The number of ether oxygens (including phenoxy) is 2. The first-order valence-electron chi connectivity index (χ1n) is 8.23. The largest absolute Gasteiger partial charge is 0.442 e. The molecule has 0 aromatic heterocycles. The molecule has 22 heavy (non-hydrogen) atoms. The molecule has 0 amide bonds. The lowest BCUT2D eigenvalue weighted by molar-refractivity contribution is -0.561. The Bertz CT molecular complexity index is 552. The Morgan fingerprint density at radius 2 is 2.00 bits per heavy atom. The smallest absolute Gasteiger partial charge is 0.371 e. The van der Waals surface area contributed by atoms with Crippen molar-refractivity contribution in [3.05, 3.63) is 48.6 Å². The minimum absolute atomic E-state index is 0.156. The lowest BCUT2D eigenvalue weighted by Gasteiger charge is -2.38. The molecule has 0 radical (unpaired) electrons. The fraction of sp³-hybridized carbons (Fsp3) is 0.526. The van der Waals surface area contributed by atoms with Gasteiger partial charge in [-0.05, 0) is 30.9 Å². The van der Waals surface area contributed by atoms with E-state index in [1.165, 1.54) is 19.3 Å². The first-order valence-corrected chi connectivity index (χ1v) is 8.23. The summed E-state index contributed by atoms with van der Waals surface area (Å²) in [7, 11) is 3.85.